The second kappa shape index (κ2) is 14.8. The van der Waals surface area contributed by atoms with Gasteiger partial charge in [0.15, 0.2) is 6.61 Å². The predicted molar refractivity (Wildman–Crippen MR) is 157 cm³/mol. The second-order valence-electron chi connectivity index (χ2n) is 10.9. The molecule has 0 bridgehead atoms. The molecule has 3 N–H and O–H groups in total. The number of likely N-dealkylation sites (tertiary alicyclic amines) is 1. The van der Waals surface area contributed by atoms with E-state index in [1.807, 2.05) is 13.0 Å². The first-order valence-corrected chi connectivity index (χ1v) is 14.8. The molecule has 14 heteroatoms. The zero-order chi connectivity index (χ0) is 31.8. The Hall–Kier alpha value is -4.46. The summed E-state index contributed by atoms with van der Waals surface area (Å²) in [5, 5.41) is 22.4. The normalized spacial score (nSPS) is 17.6. The van der Waals surface area contributed by atoms with Gasteiger partial charge in [-0.25, -0.2) is 9.78 Å². The number of fused-ring (bicyclic) bond motifs is 1. The summed E-state index contributed by atoms with van der Waals surface area (Å²) < 4.78 is 10.9. The predicted octanol–water partition coefficient (Wildman–Crippen LogP) is 1.17. The molecule has 1 unspecified atom stereocenters. The molecule has 14 nitrogen and oxygen atoms in total. The largest absolute Gasteiger partial charge is 0.483 e. The van der Waals surface area contributed by atoms with Gasteiger partial charge in [-0.2, -0.15) is 0 Å². The maximum atomic E-state index is 13.5. The highest BCUT2D eigenvalue weighted by molar-refractivity contribution is 5.99. The van der Waals surface area contributed by atoms with E-state index in [1.54, 1.807) is 24.0 Å². The van der Waals surface area contributed by atoms with E-state index in [1.165, 1.54) is 15.9 Å². The summed E-state index contributed by atoms with van der Waals surface area (Å²) in [6.07, 6.45) is -0.225. The summed E-state index contributed by atoms with van der Waals surface area (Å²) in [5.74, 6) is -2.35. The standard InChI is InChI=1S/C30H39N5O9/c1-3-43-30(42)34-13-11-33(12-14-34)29(41)22(8-9-27(38)39)32-28(40)24-16-25(21-7-6-19(2)15-23(21)31-24)44-18-26(37)35-10-4-5-20(36)17-35/h6-7,15-16,20,22,36H,3-5,8-14,17-18H2,1-2H3,(H,32,40)(H,38,39)/t20?,22-/m0/s1. The number of aliphatic carboxylic acids is 1. The van der Waals surface area contributed by atoms with Crippen molar-refractivity contribution in [3.63, 3.8) is 0 Å². The number of carbonyl (C=O) groups is 5. The number of aliphatic hydroxyl groups excluding tert-OH is 1. The van der Waals surface area contributed by atoms with Crippen molar-refractivity contribution in [1.29, 1.82) is 0 Å². The molecule has 238 valence electrons. The Morgan fingerprint density at radius 1 is 1.05 bits per heavy atom. The minimum atomic E-state index is -1.15. The van der Waals surface area contributed by atoms with Gasteiger partial charge >= 0.3 is 12.1 Å². The smallest absolute Gasteiger partial charge is 0.409 e. The van der Waals surface area contributed by atoms with Crippen molar-refractivity contribution in [2.24, 2.45) is 0 Å². The van der Waals surface area contributed by atoms with Gasteiger partial charge in [0.25, 0.3) is 11.8 Å². The van der Waals surface area contributed by atoms with Crippen LogP contribution in [0.2, 0.25) is 0 Å². The topological polar surface area (TPSA) is 179 Å². The van der Waals surface area contributed by atoms with Gasteiger partial charge in [-0.05, 0) is 50.8 Å². The highest BCUT2D eigenvalue weighted by Crippen LogP contribution is 2.27. The molecule has 44 heavy (non-hydrogen) atoms. The summed E-state index contributed by atoms with van der Waals surface area (Å²) in [5.41, 5.74) is 1.25. The van der Waals surface area contributed by atoms with Crippen molar-refractivity contribution in [1.82, 2.24) is 25.0 Å². The van der Waals surface area contributed by atoms with E-state index >= 15 is 0 Å². The number of piperazine rings is 1. The number of aliphatic hydroxyl groups is 1. The quantitative estimate of drug-likeness (QED) is 0.352. The Kier molecular flexibility index (Phi) is 10.9. The van der Waals surface area contributed by atoms with Crippen LogP contribution in [0.4, 0.5) is 4.79 Å². The van der Waals surface area contributed by atoms with Gasteiger partial charge in [0.1, 0.15) is 17.5 Å². The lowest BCUT2D eigenvalue weighted by atomic mass is 10.1. The van der Waals surface area contributed by atoms with Crippen LogP contribution in [-0.4, -0.2) is 124 Å². The van der Waals surface area contributed by atoms with Crippen LogP contribution in [0.25, 0.3) is 10.9 Å². The number of ether oxygens (including phenoxy) is 2. The molecule has 0 saturated carbocycles. The number of carboxylic acids is 1. The van der Waals surface area contributed by atoms with E-state index in [9.17, 15) is 34.2 Å². The Morgan fingerprint density at radius 2 is 1.77 bits per heavy atom. The highest BCUT2D eigenvalue weighted by atomic mass is 16.6. The van der Waals surface area contributed by atoms with Crippen molar-refractivity contribution >= 4 is 40.7 Å². The Morgan fingerprint density at radius 3 is 2.45 bits per heavy atom. The maximum Gasteiger partial charge on any atom is 0.409 e. The number of hydrogen-bond acceptors (Lipinski definition) is 9. The minimum Gasteiger partial charge on any atom is -0.483 e. The molecule has 3 heterocycles. The Bertz CT molecular complexity index is 1390. The van der Waals surface area contributed by atoms with Crippen LogP contribution in [0.5, 0.6) is 5.75 Å². The van der Waals surface area contributed by atoms with Gasteiger partial charge in [-0.1, -0.05) is 6.07 Å². The van der Waals surface area contributed by atoms with Crippen LogP contribution in [0, 0.1) is 6.92 Å². The van der Waals surface area contributed by atoms with Crippen molar-refractivity contribution in [2.75, 3.05) is 52.5 Å². The van der Waals surface area contributed by atoms with Crippen molar-refractivity contribution in [3.05, 3.63) is 35.5 Å². The van der Waals surface area contributed by atoms with Crippen LogP contribution in [-0.2, 0) is 19.1 Å². The molecule has 4 amide bonds. The Balaban J connectivity index is 1.51. The first-order valence-electron chi connectivity index (χ1n) is 14.8. The van der Waals surface area contributed by atoms with Crippen LogP contribution < -0.4 is 10.1 Å². The van der Waals surface area contributed by atoms with Crippen molar-refractivity contribution < 1.29 is 43.7 Å². The minimum absolute atomic E-state index is 0.0702. The fourth-order valence-electron chi connectivity index (χ4n) is 5.26. The number of carboxylic acid groups (broad SMARTS) is 1. The number of pyridine rings is 1. The van der Waals surface area contributed by atoms with E-state index in [0.717, 1.165) is 5.56 Å². The van der Waals surface area contributed by atoms with Crippen molar-refractivity contribution in [2.45, 2.75) is 51.7 Å². The molecule has 4 rings (SSSR count). The Labute approximate surface area is 254 Å². The summed E-state index contributed by atoms with van der Waals surface area (Å²) >= 11 is 0. The highest BCUT2D eigenvalue weighted by Gasteiger charge is 2.31. The van der Waals surface area contributed by atoms with Crippen LogP contribution in [0.15, 0.2) is 24.3 Å². The van der Waals surface area contributed by atoms with Crippen LogP contribution in [0.3, 0.4) is 0 Å². The monoisotopic (exact) mass is 613 g/mol. The average Bonchev–Trinajstić information content (AvgIpc) is 3.01. The molecular weight excluding hydrogens is 574 g/mol. The van der Waals surface area contributed by atoms with Gasteiger partial charge in [-0.15, -0.1) is 0 Å². The van der Waals surface area contributed by atoms with Crippen LogP contribution in [0.1, 0.15) is 48.7 Å². The fourth-order valence-corrected chi connectivity index (χ4v) is 5.26. The van der Waals surface area contributed by atoms with E-state index < -0.39 is 36.0 Å². The van der Waals surface area contributed by atoms with E-state index in [0.29, 0.717) is 30.3 Å². The zero-order valence-electron chi connectivity index (χ0n) is 25.0. The molecule has 2 fully saturated rings. The third-order valence-corrected chi connectivity index (χ3v) is 7.63. The number of β-amino-alcohol motifs (C(OH)–C–C–N with tert-alkyl or cyclic N) is 1. The van der Waals surface area contributed by atoms with Crippen LogP contribution >= 0.6 is 0 Å². The lowest BCUT2D eigenvalue weighted by Crippen LogP contribution is -2.56. The number of amides is 4. The summed E-state index contributed by atoms with van der Waals surface area (Å²) in [4.78, 5) is 72.1. The van der Waals surface area contributed by atoms with Gasteiger partial charge in [0, 0.05) is 57.1 Å². The number of nitrogens with one attached hydrogen (secondary N) is 1. The number of nitrogens with zero attached hydrogens (tertiary/aromatic N) is 4. The fraction of sp³-hybridized carbons (Fsp3) is 0.533. The molecule has 2 saturated heterocycles. The van der Waals surface area contributed by atoms with Gasteiger partial charge < -0.3 is 39.7 Å². The zero-order valence-corrected chi connectivity index (χ0v) is 25.0. The number of piperidine rings is 1. The third kappa shape index (κ3) is 8.34. The summed E-state index contributed by atoms with van der Waals surface area (Å²) in [7, 11) is 0. The molecule has 0 aliphatic carbocycles. The van der Waals surface area contributed by atoms with E-state index in [4.69, 9.17) is 9.47 Å². The number of aryl methyl sites for hydroxylation is 1. The van der Waals surface area contributed by atoms with Gasteiger partial charge in [-0.3, -0.25) is 19.2 Å². The maximum absolute atomic E-state index is 13.5. The number of rotatable bonds is 10. The molecule has 0 radical (unpaired) electrons. The van der Waals surface area contributed by atoms with E-state index in [-0.39, 0.29) is 76.1 Å². The number of hydrogen-bond donors (Lipinski definition) is 3. The first-order chi connectivity index (χ1) is 21.0. The summed E-state index contributed by atoms with van der Waals surface area (Å²) in [6.45, 7) is 5.12. The molecule has 2 aromatic rings. The molecule has 1 aromatic carbocycles. The lowest BCUT2D eigenvalue weighted by molar-refractivity contribution is -0.138. The number of aromatic nitrogens is 1. The van der Waals surface area contributed by atoms with Crippen molar-refractivity contribution in [3.8, 4) is 5.75 Å². The lowest BCUT2D eigenvalue weighted by Gasteiger charge is -2.35. The van der Waals surface area contributed by atoms with E-state index in [2.05, 4.69) is 10.3 Å². The molecular formula is C30H39N5O9. The number of benzene rings is 1. The first kappa shape index (κ1) is 32.5. The summed E-state index contributed by atoms with van der Waals surface area (Å²) in [6, 6.07) is 5.62. The second-order valence-corrected chi connectivity index (χ2v) is 10.9. The molecule has 1 aromatic heterocycles. The van der Waals surface area contributed by atoms with Gasteiger partial charge in [0.05, 0.1) is 18.2 Å². The molecule has 0 spiro atoms. The van der Waals surface area contributed by atoms with Gasteiger partial charge in [0.2, 0.25) is 5.91 Å². The SMILES string of the molecule is CCOC(=O)N1CCN(C(=O)[C@H](CCC(=O)O)NC(=O)c2cc(OCC(=O)N3CCCC(O)C3)c3ccc(C)cc3n2)CC1. The molecule has 2 aliphatic rings. The molecule has 2 aliphatic heterocycles. The third-order valence-electron chi connectivity index (χ3n) is 7.63. The molecule has 2 atom stereocenters. The average molecular weight is 614 g/mol. The number of carbonyl (C=O) groups excluding carboxylic acids is 4.